The van der Waals surface area contributed by atoms with Crippen molar-refractivity contribution < 1.29 is 20.1 Å². The molecule has 6 heteroatoms. The van der Waals surface area contributed by atoms with E-state index < -0.39 is 6.10 Å². The van der Waals surface area contributed by atoms with Crippen molar-refractivity contribution in [1.82, 2.24) is 4.90 Å². The third-order valence-corrected chi connectivity index (χ3v) is 3.26. The number of hydrogen-bond acceptors (Lipinski definition) is 5. The normalized spacial score (nSPS) is 12.1. The zero-order chi connectivity index (χ0) is 15.7. The van der Waals surface area contributed by atoms with Gasteiger partial charge in [-0.2, -0.15) is 0 Å². The molecular weight excluding hydrogens is 306 g/mol. The lowest BCUT2D eigenvalue weighted by Gasteiger charge is -2.23. The minimum Gasteiger partial charge on any atom is -0.491 e. The van der Waals surface area contributed by atoms with Crippen LogP contribution in [0, 0.1) is 6.92 Å². The van der Waals surface area contributed by atoms with Crippen LogP contribution in [0.4, 0.5) is 0 Å². The lowest BCUT2D eigenvalue weighted by Crippen LogP contribution is -2.38. The molecule has 1 aromatic rings. The van der Waals surface area contributed by atoms with Gasteiger partial charge < -0.3 is 20.1 Å². The number of aliphatic hydroxyl groups is 3. The first kappa shape index (κ1) is 21.1. The standard InChI is InChI=1S/C16H27NO4.ClH/c1-3-14-8-13(2)9-16(10-14)21-12-15(20)11-17(4-6-18)5-7-19;/h8-10,15,18-20H,3-7,11-12H2,1-2H3;1H. The first-order valence-corrected chi connectivity index (χ1v) is 7.44. The predicted molar refractivity (Wildman–Crippen MR) is 89.9 cm³/mol. The summed E-state index contributed by atoms with van der Waals surface area (Å²) in [6, 6.07) is 6.05. The van der Waals surface area contributed by atoms with Crippen LogP contribution in [-0.2, 0) is 6.42 Å². The number of aryl methyl sites for hydroxylation is 2. The highest BCUT2D eigenvalue weighted by Crippen LogP contribution is 2.17. The van der Waals surface area contributed by atoms with E-state index in [0.717, 1.165) is 17.7 Å². The number of nitrogens with zero attached hydrogens (tertiary/aromatic N) is 1. The smallest absolute Gasteiger partial charge is 0.119 e. The molecule has 5 nitrogen and oxygen atoms in total. The number of aliphatic hydroxyl groups excluding tert-OH is 3. The van der Waals surface area contributed by atoms with E-state index in [0.29, 0.717) is 19.6 Å². The third kappa shape index (κ3) is 7.96. The zero-order valence-corrected chi connectivity index (χ0v) is 14.2. The Morgan fingerprint density at radius 2 is 1.77 bits per heavy atom. The van der Waals surface area contributed by atoms with Crippen LogP contribution in [0.15, 0.2) is 18.2 Å². The van der Waals surface area contributed by atoms with Crippen LogP contribution < -0.4 is 4.74 Å². The molecule has 3 N–H and O–H groups in total. The summed E-state index contributed by atoms with van der Waals surface area (Å²) < 4.78 is 5.65. The number of hydrogen-bond donors (Lipinski definition) is 3. The van der Waals surface area contributed by atoms with Crippen molar-refractivity contribution >= 4 is 12.4 Å². The molecule has 1 rings (SSSR count). The number of ether oxygens (including phenoxy) is 1. The average molecular weight is 334 g/mol. The van der Waals surface area contributed by atoms with E-state index in [1.54, 1.807) is 0 Å². The molecule has 0 aliphatic heterocycles. The Kier molecular flexibility index (Phi) is 11.2. The lowest BCUT2D eigenvalue weighted by molar-refractivity contribution is 0.0552. The highest BCUT2D eigenvalue weighted by molar-refractivity contribution is 5.85. The van der Waals surface area contributed by atoms with Gasteiger partial charge in [0.1, 0.15) is 18.5 Å². The first-order chi connectivity index (χ1) is 10.1. The Morgan fingerprint density at radius 1 is 1.14 bits per heavy atom. The minimum absolute atomic E-state index is 0. The van der Waals surface area contributed by atoms with Gasteiger partial charge in [-0.3, -0.25) is 4.90 Å². The molecule has 1 unspecified atom stereocenters. The van der Waals surface area contributed by atoms with Gasteiger partial charge in [0.25, 0.3) is 0 Å². The maximum absolute atomic E-state index is 10.0. The molecular formula is C16H28ClNO4. The van der Waals surface area contributed by atoms with E-state index in [1.165, 1.54) is 5.56 Å². The van der Waals surface area contributed by atoms with Crippen molar-refractivity contribution in [2.75, 3.05) is 39.5 Å². The summed E-state index contributed by atoms with van der Waals surface area (Å²) in [7, 11) is 0. The van der Waals surface area contributed by atoms with E-state index in [-0.39, 0.29) is 32.2 Å². The molecule has 0 saturated carbocycles. The van der Waals surface area contributed by atoms with Crippen molar-refractivity contribution in [1.29, 1.82) is 0 Å². The highest BCUT2D eigenvalue weighted by atomic mass is 35.5. The molecule has 1 aromatic carbocycles. The Bertz CT molecular complexity index is 411. The zero-order valence-electron chi connectivity index (χ0n) is 13.4. The summed E-state index contributed by atoms with van der Waals surface area (Å²) in [5.41, 5.74) is 2.35. The Hall–Kier alpha value is -0.850. The second kappa shape index (κ2) is 11.7. The number of benzene rings is 1. The van der Waals surface area contributed by atoms with Crippen molar-refractivity contribution in [2.45, 2.75) is 26.4 Å². The second-order valence-corrected chi connectivity index (χ2v) is 5.22. The number of rotatable bonds is 10. The molecule has 0 saturated heterocycles. The SMILES string of the molecule is CCc1cc(C)cc(OCC(O)CN(CCO)CCO)c1.Cl. The van der Waals surface area contributed by atoms with Crippen LogP contribution in [-0.4, -0.2) is 65.8 Å². The molecule has 0 spiro atoms. The predicted octanol–water partition coefficient (Wildman–Crippen LogP) is 1.01. The van der Waals surface area contributed by atoms with Gasteiger partial charge in [0.05, 0.1) is 13.2 Å². The summed E-state index contributed by atoms with van der Waals surface area (Å²) in [5, 5.41) is 27.9. The van der Waals surface area contributed by atoms with Crippen LogP contribution >= 0.6 is 12.4 Å². The second-order valence-electron chi connectivity index (χ2n) is 5.22. The first-order valence-electron chi connectivity index (χ1n) is 7.44. The molecule has 1 atom stereocenters. The van der Waals surface area contributed by atoms with Gasteiger partial charge in [-0.15, -0.1) is 12.4 Å². The molecule has 0 aromatic heterocycles. The fraction of sp³-hybridized carbons (Fsp3) is 0.625. The van der Waals surface area contributed by atoms with Gasteiger partial charge in [-0.25, -0.2) is 0 Å². The summed E-state index contributed by atoms with van der Waals surface area (Å²) >= 11 is 0. The Morgan fingerprint density at radius 3 is 2.32 bits per heavy atom. The molecule has 0 radical (unpaired) electrons. The van der Waals surface area contributed by atoms with Crippen LogP contribution in [0.5, 0.6) is 5.75 Å². The van der Waals surface area contributed by atoms with Crippen molar-refractivity contribution in [3.05, 3.63) is 29.3 Å². The maximum Gasteiger partial charge on any atom is 0.119 e. The monoisotopic (exact) mass is 333 g/mol. The van der Waals surface area contributed by atoms with Gasteiger partial charge in [0, 0.05) is 19.6 Å². The molecule has 0 fully saturated rings. The Balaban J connectivity index is 0.00000441. The summed E-state index contributed by atoms with van der Waals surface area (Å²) in [5.74, 6) is 0.766. The van der Waals surface area contributed by atoms with Crippen molar-refractivity contribution in [2.24, 2.45) is 0 Å². The van der Waals surface area contributed by atoms with Crippen LogP contribution in [0.1, 0.15) is 18.1 Å². The molecule has 0 amide bonds. The fourth-order valence-corrected chi connectivity index (χ4v) is 2.23. The van der Waals surface area contributed by atoms with Crippen LogP contribution in [0.25, 0.3) is 0 Å². The Labute approximate surface area is 138 Å². The largest absolute Gasteiger partial charge is 0.491 e. The van der Waals surface area contributed by atoms with Crippen molar-refractivity contribution in [3.63, 3.8) is 0 Å². The maximum atomic E-state index is 10.0. The molecule has 22 heavy (non-hydrogen) atoms. The third-order valence-electron chi connectivity index (χ3n) is 3.26. The van der Waals surface area contributed by atoms with Gasteiger partial charge in [-0.05, 0) is 36.6 Å². The van der Waals surface area contributed by atoms with Gasteiger partial charge in [0.15, 0.2) is 0 Å². The molecule has 0 bridgehead atoms. The quantitative estimate of drug-likeness (QED) is 0.596. The minimum atomic E-state index is -0.659. The highest BCUT2D eigenvalue weighted by Gasteiger charge is 2.12. The summed E-state index contributed by atoms with van der Waals surface area (Å²) in [6.07, 6.45) is 0.287. The van der Waals surface area contributed by atoms with Crippen molar-refractivity contribution in [3.8, 4) is 5.75 Å². The number of halogens is 1. The molecule has 0 aliphatic rings. The summed E-state index contributed by atoms with van der Waals surface area (Å²) in [4.78, 5) is 1.81. The molecule has 0 aliphatic carbocycles. The van der Waals surface area contributed by atoms with Crippen LogP contribution in [0.3, 0.4) is 0 Å². The van der Waals surface area contributed by atoms with Gasteiger partial charge >= 0.3 is 0 Å². The molecule has 0 heterocycles. The average Bonchev–Trinajstić information content (AvgIpc) is 2.45. The molecule has 128 valence electrons. The van der Waals surface area contributed by atoms with E-state index in [2.05, 4.69) is 13.0 Å². The van der Waals surface area contributed by atoms with Crippen LogP contribution in [0.2, 0.25) is 0 Å². The lowest BCUT2D eigenvalue weighted by atomic mass is 10.1. The van der Waals surface area contributed by atoms with E-state index in [1.807, 2.05) is 24.0 Å². The van der Waals surface area contributed by atoms with E-state index >= 15 is 0 Å². The van der Waals surface area contributed by atoms with Gasteiger partial charge in [-0.1, -0.05) is 13.0 Å². The van der Waals surface area contributed by atoms with Gasteiger partial charge in [0.2, 0.25) is 0 Å². The topological polar surface area (TPSA) is 73.2 Å². The van der Waals surface area contributed by atoms with E-state index in [9.17, 15) is 5.11 Å². The fourth-order valence-electron chi connectivity index (χ4n) is 2.23. The summed E-state index contributed by atoms with van der Waals surface area (Å²) in [6.45, 7) is 5.55. The van der Waals surface area contributed by atoms with E-state index in [4.69, 9.17) is 14.9 Å².